The van der Waals surface area contributed by atoms with Crippen LogP contribution in [0.25, 0.3) is 43.3 Å². The fourth-order valence-electron chi connectivity index (χ4n) is 5.63. The molecule has 0 fully saturated rings. The number of nitriles is 2. The average Bonchev–Trinajstić information content (AvgIpc) is 3.42. The summed E-state index contributed by atoms with van der Waals surface area (Å²) in [6, 6.07) is 8.88. The minimum absolute atomic E-state index is 0.0474. The molecule has 2 aliphatic rings. The van der Waals surface area contributed by atoms with Gasteiger partial charge in [0.15, 0.2) is 11.5 Å². The molecule has 2 aliphatic carbocycles. The molecular weight excluding hydrogens is 562 g/mol. The highest BCUT2D eigenvalue weighted by atomic mass is 19.4. The number of nitrogens with zero attached hydrogens (tertiary/aromatic N) is 4. The van der Waals surface area contributed by atoms with Crippen LogP contribution in [0.1, 0.15) is 33.4 Å². The van der Waals surface area contributed by atoms with Crippen molar-refractivity contribution in [2.24, 2.45) is 0 Å². The number of aryl methyl sites for hydroxylation is 2. The molecule has 3 aromatic carbocycles. The van der Waals surface area contributed by atoms with E-state index in [0.717, 1.165) is 22.8 Å². The highest BCUT2D eigenvalue weighted by Crippen LogP contribution is 2.46. The van der Waals surface area contributed by atoms with Gasteiger partial charge in [-0.2, -0.15) is 0 Å². The maximum atomic E-state index is 13.3. The molecule has 0 aliphatic heterocycles. The molecule has 0 bridgehead atoms. The molecule has 0 unspecified atom stereocenters. The lowest BCUT2D eigenvalue weighted by molar-refractivity contribution is -0.287. The lowest BCUT2D eigenvalue weighted by Crippen LogP contribution is -2.25. The molecule has 0 N–H and O–H groups in total. The second-order valence-corrected chi connectivity index (χ2v) is 9.60. The van der Waals surface area contributed by atoms with Crippen molar-refractivity contribution in [2.75, 3.05) is 0 Å². The Morgan fingerprint density at radius 3 is 1.62 bits per heavy atom. The topological polar surface area (TPSA) is 74.8 Å². The van der Waals surface area contributed by atoms with Crippen LogP contribution in [-0.2, 0) is 12.8 Å². The zero-order valence-corrected chi connectivity index (χ0v) is 21.6. The molecule has 208 valence electrons. The first-order valence-corrected chi connectivity index (χ1v) is 12.0. The first-order valence-electron chi connectivity index (χ1n) is 12.0. The third-order valence-electron chi connectivity index (χ3n) is 7.23. The monoisotopic (exact) mass is 576 g/mol. The lowest BCUT2D eigenvalue weighted by Gasteiger charge is -2.17. The summed E-state index contributed by atoms with van der Waals surface area (Å²) < 4.78 is 87.0. The summed E-state index contributed by atoms with van der Waals surface area (Å²) in [5, 5.41) is 20.1. The summed E-state index contributed by atoms with van der Waals surface area (Å²) in [7, 11) is 0. The second kappa shape index (κ2) is 9.58. The molecule has 0 saturated carbocycles. The van der Waals surface area contributed by atoms with Gasteiger partial charge in [-0.15, -0.1) is 26.3 Å². The molecule has 6 nitrogen and oxygen atoms in total. The van der Waals surface area contributed by atoms with E-state index in [4.69, 9.17) is 13.1 Å². The van der Waals surface area contributed by atoms with Crippen LogP contribution in [0.15, 0.2) is 24.3 Å². The molecular formula is C30H14F6N4O2. The largest absolute Gasteiger partial charge is 0.573 e. The minimum atomic E-state index is -5.38. The number of ether oxygens (including phenoxy) is 2. The number of alkyl halides is 6. The number of halogens is 6. The molecule has 0 heterocycles. The molecule has 12 heteroatoms. The van der Waals surface area contributed by atoms with Crippen LogP contribution in [0, 0.1) is 49.7 Å². The standard InChI is InChI=1S/C30H14F6N4O2/c1-13-5-15-7-19-25(21(11-37)39-3)20-8-16-9-23(41-29(31,32)33)24(42-30(34,35)36)10-18(16)27(20)28(22(12-38)40-4)26(19)17(15)6-14(13)2/h5-6,9-10H,7-8H2,1-2H3/b25-21+,28-22+. The van der Waals surface area contributed by atoms with E-state index in [0.29, 0.717) is 22.8 Å². The fraction of sp³-hybridized carbons (Fsp3) is 0.200. The Hall–Kier alpha value is -5.46. The predicted octanol–water partition coefficient (Wildman–Crippen LogP) is 6.35. The van der Waals surface area contributed by atoms with Crippen molar-refractivity contribution in [1.82, 2.24) is 0 Å². The van der Waals surface area contributed by atoms with E-state index >= 15 is 0 Å². The van der Waals surface area contributed by atoms with Gasteiger partial charge in [-0.1, -0.05) is 12.1 Å². The SMILES string of the molecule is [C-]#[N+]/C(C#N)=c1\c2c(/c(=C(/C#N)[N+]#[C-])c3c1Cc1cc(OC(F)(F)F)c(OC(F)(F)F)cc1-3)-c1cc(C)c(C)cc1C2. The Morgan fingerprint density at radius 2 is 1.14 bits per heavy atom. The zero-order chi connectivity index (χ0) is 30.7. The molecule has 0 aromatic heterocycles. The van der Waals surface area contributed by atoms with Gasteiger partial charge in [0.2, 0.25) is 0 Å². The van der Waals surface area contributed by atoms with Crippen LogP contribution in [0.2, 0.25) is 0 Å². The number of benzene rings is 3. The van der Waals surface area contributed by atoms with Crippen molar-refractivity contribution in [1.29, 1.82) is 10.5 Å². The zero-order valence-electron chi connectivity index (χ0n) is 21.6. The number of rotatable bonds is 2. The maximum absolute atomic E-state index is 13.3. The number of fused-ring (bicyclic) bond motifs is 6. The van der Waals surface area contributed by atoms with Crippen LogP contribution in [0.4, 0.5) is 26.3 Å². The van der Waals surface area contributed by atoms with Crippen LogP contribution < -0.4 is 19.9 Å². The Morgan fingerprint density at radius 1 is 0.714 bits per heavy atom. The molecule has 0 saturated heterocycles. The lowest BCUT2D eigenvalue weighted by atomic mass is 9.90. The smallest absolute Gasteiger partial charge is 0.402 e. The molecule has 42 heavy (non-hydrogen) atoms. The molecule has 0 atom stereocenters. The highest BCUT2D eigenvalue weighted by molar-refractivity contribution is 5.94. The van der Waals surface area contributed by atoms with Gasteiger partial charge in [-0.25, -0.2) is 20.2 Å². The summed E-state index contributed by atoms with van der Waals surface area (Å²) in [5.41, 5.74) is 3.60. The summed E-state index contributed by atoms with van der Waals surface area (Å²) >= 11 is 0. The van der Waals surface area contributed by atoms with E-state index < -0.39 is 29.9 Å². The van der Waals surface area contributed by atoms with E-state index in [1.54, 1.807) is 0 Å². The van der Waals surface area contributed by atoms with Crippen molar-refractivity contribution in [3.63, 3.8) is 0 Å². The summed E-state index contributed by atoms with van der Waals surface area (Å²) in [6.45, 7) is 19.1. The van der Waals surface area contributed by atoms with E-state index in [1.807, 2.05) is 38.1 Å². The average molecular weight is 576 g/mol. The van der Waals surface area contributed by atoms with E-state index in [-0.39, 0.29) is 51.2 Å². The van der Waals surface area contributed by atoms with Gasteiger partial charge in [-0.05, 0) is 99.7 Å². The Bertz CT molecular complexity index is 2000. The summed E-state index contributed by atoms with van der Waals surface area (Å²) in [5.74, 6) is -2.54. The van der Waals surface area contributed by atoms with Crippen LogP contribution in [-0.4, -0.2) is 12.7 Å². The highest BCUT2D eigenvalue weighted by Gasteiger charge is 2.39. The first kappa shape index (κ1) is 28.1. The van der Waals surface area contributed by atoms with Gasteiger partial charge in [0, 0.05) is 5.22 Å². The van der Waals surface area contributed by atoms with Gasteiger partial charge in [0.1, 0.15) is 0 Å². The van der Waals surface area contributed by atoms with Gasteiger partial charge < -0.3 is 9.47 Å². The Labute approximate surface area is 234 Å². The van der Waals surface area contributed by atoms with Crippen molar-refractivity contribution in [3.8, 4) is 45.9 Å². The van der Waals surface area contributed by atoms with E-state index in [9.17, 15) is 36.9 Å². The fourth-order valence-corrected chi connectivity index (χ4v) is 5.63. The van der Waals surface area contributed by atoms with E-state index in [1.165, 1.54) is 0 Å². The third-order valence-corrected chi connectivity index (χ3v) is 7.23. The molecule has 3 aromatic rings. The summed E-state index contributed by atoms with van der Waals surface area (Å²) in [4.78, 5) is 6.73. The van der Waals surface area contributed by atoms with Crippen LogP contribution in [0.3, 0.4) is 0 Å². The van der Waals surface area contributed by atoms with Gasteiger partial charge >= 0.3 is 12.7 Å². The normalized spacial score (nSPS) is 14.2. The van der Waals surface area contributed by atoms with Crippen LogP contribution >= 0.6 is 0 Å². The third kappa shape index (κ3) is 4.54. The predicted molar refractivity (Wildman–Crippen MR) is 136 cm³/mol. The maximum Gasteiger partial charge on any atom is 0.573 e. The quantitative estimate of drug-likeness (QED) is 0.182. The second-order valence-electron chi connectivity index (χ2n) is 9.60. The van der Waals surface area contributed by atoms with Crippen molar-refractivity contribution >= 4 is 11.4 Å². The Kier molecular flexibility index (Phi) is 6.40. The molecule has 0 spiro atoms. The number of hydrogen-bond acceptors (Lipinski definition) is 4. The molecule has 0 amide bonds. The molecule has 5 rings (SSSR count). The van der Waals surface area contributed by atoms with Crippen molar-refractivity contribution in [2.45, 2.75) is 39.4 Å². The van der Waals surface area contributed by atoms with Crippen LogP contribution in [0.5, 0.6) is 11.5 Å². The first-order chi connectivity index (χ1) is 19.7. The van der Waals surface area contributed by atoms with E-state index in [2.05, 4.69) is 19.2 Å². The van der Waals surface area contributed by atoms with Crippen molar-refractivity contribution in [3.05, 3.63) is 90.9 Å². The minimum Gasteiger partial charge on any atom is -0.402 e. The number of hydrogen-bond donors (Lipinski definition) is 0. The Balaban J connectivity index is 2.02. The molecule has 0 radical (unpaired) electrons. The van der Waals surface area contributed by atoms with Gasteiger partial charge in [-0.3, -0.25) is 0 Å². The van der Waals surface area contributed by atoms with Gasteiger partial charge in [0.05, 0.1) is 25.3 Å². The summed E-state index contributed by atoms with van der Waals surface area (Å²) in [6.07, 6.45) is -10.7. The van der Waals surface area contributed by atoms with Gasteiger partial charge in [0.25, 0.3) is 11.4 Å². The van der Waals surface area contributed by atoms with Crippen molar-refractivity contribution < 1.29 is 35.8 Å².